The van der Waals surface area contributed by atoms with Gasteiger partial charge in [-0.3, -0.25) is 0 Å². The molecule has 0 bridgehead atoms. The van der Waals surface area contributed by atoms with Gasteiger partial charge in [0.2, 0.25) is 0 Å². The first-order valence-corrected chi connectivity index (χ1v) is 5.21. The van der Waals surface area contributed by atoms with E-state index in [9.17, 15) is 0 Å². The minimum absolute atomic E-state index is 0.400. The molecule has 4 heteroatoms. The average Bonchev–Trinajstić information content (AvgIpc) is 2.30. The fourth-order valence-electron chi connectivity index (χ4n) is 1.27. The van der Waals surface area contributed by atoms with Gasteiger partial charge >= 0.3 is 0 Å². The standard InChI is InChI=1S/C12H11ClN2O/c13-10-5-3-9(4-6-10)8-16-11-2-1-7-15-12(11)14/h1-7H,8H2,(H2,14,15). The van der Waals surface area contributed by atoms with Crippen LogP contribution < -0.4 is 10.5 Å². The summed E-state index contributed by atoms with van der Waals surface area (Å²) in [5, 5.41) is 0.713. The minimum Gasteiger partial charge on any atom is -0.485 e. The molecule has 0 amide bonds. The molecule has 82 valence electrons. The number of nitrogens with zero attached hydrogens (tertiary/aromatic N) is 1. The predicted molar refractivity (Wildman–Crippen MR) is 64.4 cm³/mol. The van der Waals surface area contributed by atoms with Gasteiger partial charge in [0.05, 0.1) is 0 Å². The van der Waals surface area contributed by atoms with Gasteiger partial charge < -0.3 is 10.5 Å². The maximum atomic E-state index is 5.78. The lowest BCUT2D eigenvalue weighted by molar-refractivity contribution is 0.307. The van der Waals surface area contributed by atoms with Crippen LogP contribution in [0.5, 0.6) is 5.75 Å². The molecular formula is C12H11ClN2O. The van der Waals surface area contributed by atoms with Crippen LogP contribution in [0.2, 0.25) is 5.02 Å². The second-order valence-corrected chi connectivity index (χ2v) is 3.74. The molecule has 1 heterocycles. The summed E-state index contributed by atoms with van der Waals surface area (Å²) in [4.78, 5) is 3.94. The highest BCUT2D eigenvalue weighted by Crippen LogP contribution is 2.19. The molecule has 0 radical (unpaired) electrons. The van der Waals surface area contributed by atoms with Crippen molar-refractivity contribution in [2.24, 2.45) is 0 Å². The van der Waals surface area contributed by atoms with Crippen LogP contribution in [0.4, 0.5) is 5.82 Å². The van der Waals surface area contributed by atoms with Crippen molar-refractivity contribution in [3.8, 4) is 5.75 Å². The summed E-state index contributed by atoms with van der Waals surface area (Å²) in [6.07, 6.45) is 1.63. The third-order valence-electron chi connectivity index (χ3n) is 2.11. The SMILES string of the molecule is Nc1ncccc1OCc1ccc(Cl)cc1. The Morgan fingerprint density at radius 3 is 2.62 bits per heavy atom. The average molecular weight is 235 g/mol. The zero-order valence-corrected chi connectivity index (χ0v) is 9.32. The van der Waals surface area contributed by atoms with E-state index in [-0.39, 0.29) is 0 Å². The molecule has 0 unspecified atom stereocenters. The van der Waals surface area contributed by atoms with Crippen LogP contribution in [-0.4, -0.2) is 4.98 Å². The lowest BCUT2D eigenvalue weighted by Crippen LogP contribution is -1.99. The van der Waals surface area contributed by atoms with Crippen molar-refractivity contribution in [3.05, 3.63) is 53.2 Å². The maximum Gasteiger partial charge on any atom is 0.166 e. The zero-order valence-electron chi connectivity index (χ0n) is 8.56. The van der Waals surface area contributed by atoms with Crippen LogP contribution in [0.1, 0.15) is 5.56 Å². The fourth-order valence-corrected chi connectivity index (χ4v) is 1.39. The zero-order chi connectivity index (χ0) is 11.4. The molecule has 2 N–H and O–H groups in total. The molecule has 2 aromatic rings. The van der Waals surface area contributed by atoms with Crippen LogP contribution in [0.25, 0.3) is 0 Å². The van der Waals surface area contributed by atoms with Crippen LogP contribution >= 0.6 is 11.6 Å². The quantitative estimate of drug-likeness (QED) is 0.888. The number of benzene rings is 1. The number of rotatable bonds is 3. The van der Waals surface area contributed by atoms with Crippen molar-refractivity contribution in [2.45, 2.75) is 6.61 Å². The van der Waals surface area contributed by atoms with Crippen molar-refractivity contribution < 1.29 is 4.74 Å². The first kappa shape index (κ1) is 10.8. The number of ether oxygens (including phenoxy) is 1. The highest BCUT2D eigenvalue weighted by molar-refractivity contribution is 6.30. The Morgan fingerprint density at radius 2 is 1.94 bits per heavy atom. The maximum absolute atomic E-state index is 5.78. The Hall–Kier alpha value is -1.74. The van der Waals surface area contributed by atoms with E-state index in [1.165, 1.54) is 0 Å². The first-order chi connectivity index (χ1) is 7.75. The number of halogens is 1. The third-order valence-corrected chi connectivity index (χ3v) is 2.36. The number of aromatic nitrogens is 1. The summed E-state index contributed by atoms with van der Waals surface area (Å²) >= 11 is 5.78. The lowest BCUT2D eigenvalue weighted by Gasteiger charge is -2.07. The Bertz CT molecular complexity index is 471. The highest BCUT2D eigenvalue weighted by Gasteiger charge is 2.00. The molecule has 0 atom stereocenters. The summed E-state index contributed by atoms with van der Waals surface area (Å²) < 4.78 is 5.53. The molecular weight excluding hydrogens is 224 g/mol. The Labute approximate surface area is 98.8 Å². The van der Waals surface area contributed by atoms with Gasteiger partial charge in [-0.25, -0.2) is 4.98 Å². The van der Waals surface area contributed by atoms with E-state index in [0.29, 0.717) is 23.2 Å². The monoisotopic (exact) mass is 234 g/mol. The van der Waals surface area contributed by atoms with Crippen LogP contribution in [0.3, 0.4) is 0 Å². The Morgan fingerprint density at radius 1 is 1.19 bits per heavy atom. The van der Waals surface area contributed by atoms with Crippen molar-refractivity contribution >= 4 is 17.4 Å². The molecule has 0 spiro atoms. The molecule has 0 fully saturated rings. The molecule has 0 aliphatic heterocycles. The number of nitrogen functional groups attached to an aromatic ring is 1. The molecule has 0 saturated carbocycles. The summed E-state index contributed by atoms with van der Waals surface area (Å²) in [7, 11) is 0. The molecule has 1 aromatic carbocycles. The number of pyridine rings is 1. The van der Waals surface area contributed by atoms with E-state index in [0.717, 1.165) is 5.56 Å². The predicted octanol–water partition coefficient (Wildman–Crippen LogP) is 2.90. The van der Waals surface area contributed by atoms with E-state index in [1.807, 2.05) is 24.3 Å². The van der Waals surface area contributed by atoms with E-state index in [1.54, 1.807) is 18.3 Å². The van der Waals surface area contributed by atoms with Gasteiger partial charge in [0.15, 0.2) is 11.6 Å². The van der Waals surface area contributed by atoms with Crippen molar-refractivity contribution in [1.29, 1.82) is 0 Å². The summed E-state index contributed by atoms with van der Waals surface area (Å²) in [5.74, 6) is 0.994. The van der Waals surface area contributed by atoms with Gasteiger partial charge in [0.25, 0.3) is 0 Å². The van der Waals surface area contributed by atoms with Gasteiger partial charge in [0.1, 0.15) is 6.61 Å². The summed E-state index contributed by atoms with van der Waals surface area (Å²) in [6, 6.07) is 11.1. The van der Waals surface area contributed by atoms with E-state index in [4.69, 9.17) is 22.1 Å². The number of anilines is 1. The molecule has 0 aliphatic carbocycles. The summed E-state index contributed by atoms with van der Waals surface area (Å²) in [6.45, 7) is 0.451. The molecule has 3 nitrogen and oxygen atoms in total. The number of hydrogen-bond donors (Lipinski definition) is 1. The number of hydrogen-bond acceptors (Lipinski definition) is 3. The largest absolute Gasteiger partial charge is 0.485 e. The van der Waals surface area contributed by atoms with Crippen molar-refractivity contribution in [2.75, 3.05) is 5.73 Å². The van der Waals surface area contributed by atoms with Gasteiger partial charge in [0, 0.05) is 11.2 Å². The van der Waals surface area contributed by atoms with Crippen LogP contribution in [0, 0.1) is 0 Å². The van der Waals surface area contributed by atoms with Gasteiger partial charge in [-0.2, -0.15) is 0 Å². The minimum atomic E-state index is 0.400. The van der Waals surface area contributed by atoms with Gasteiger partial charge in [-0.05, 0) is 29.8 Å². The lowest BCUT2D eigenvalue weighted by atomic mass is 10.2. The van der Waals surface area contributed by atoms with Crippen LogP contribution in [0.15, 0.2) is 42.6 Å². The highest BCUT2D eigenvalue weighted by atomic mass is 35.5. The number of nitrogens with two attached hydrogens (primary N) is 1. The van der Waals surface area contributed by atoms with E-state index in [2.05, 4.69) is 4.98 Å². The van der Waals surface area contributed by atoms with Crippen molar-refractivity contribution in [1.82, 2.24) is 4.98 Å². The Balaban J connectivity index is 2.02. The first-order valence-electron chi connectivity index (χ1n) is 4.83. The van der Waals surface area contributed by atoms with Gasteiger partial charge in [-0.1, -0.05) is 23.7 Å². The summed E-state index contributed by atoms with van der Waals surface area (Å²) in [5.41, 5.74) is 6.69. The van der Waals surface area contributed by atoms with Crippen LogP contribution in [-0.2, 0) is 6.61 Å². The third kappa shape index (κ3) is 2.64. The van der Waals surface area contributed by atoms with E-state index >= 15 is 0 Å². The topological polar surface area (TPSA) is 48.1 Å². The molecule has 16 heavy (non-hydrogen) atoms. The van der Waals surface area contributed by atoms with Crippen molar-refractivity contribution in [3.63, 3.8) is 0 Å². The molecule has 2 rings (SSSR count). The second-order valence-electron chi connectivity index (χ2n) is 3.30. The molecule has 0 saturated heterocycles. The smallest absolute Gasteiger partial charge is 0.166 e. The fraction of sp³-hybridized carbons (Fsp3) is 0.0833. The van der Waals surface area contributed by atoms with Gasteiger partial charge in [-0.15, -0.1) is 0 Å². The second kappa shape index (κ2) is 4.86. The normalized spacial score (nSPS) is 10.1. The molecule has 1 aromatic heterocycles. The molecule has 0 aliphatic rings. The van der Waals surface area contributed by atoms with E-state index < -0.39 is 0 Å². The Kier molecular flexibility index (Phi) is 3.27.